The molecule has 0 spiro atoms. The largest absolute Gasteiger partial charge is 0.361 e. The Kier molecular flexibility index (Phi) is 5.21. The van der Waals surface area contributed by atoms with E-state index in [1.54, 1.807) is 6.07 Å². The quantitative estimate of drug-likeness (QED) is 0.751. The molecule has 0 radical (unpaired) electrons. The molecule has 1 saturated heterocycles. The smallest absolute Gasteiger partial charge is 0.222 e. The molecule has 0 saturated carbocycles. The summed E-state index contributed by atoms with van der Waals surface area (Å²) in [5.41, 5.74) is 3.02. The number of rotatable bonds is 5. The fraction of sp³-hybridized carbons (Fsp3) is 0.318. The molecule has 3 aromatic rings. The molecule has 1 N–H and O–H groups in total. The van der Waals surface area contributed by atoms with Crippen molar-refractivity contribution in [3.63, 3.8) is 0 Å². The van der Waals surface area contributed by atoms with E-state index in [1.807, 2.05) is 35.4 Å². The number of aromatic amines is 1. The Morgan fingerprint density at radius 1 is 0.963 bits per heavy atom. The van der Waals surface area contributed by atoms with E-state index in [4.69, 9.17) is 0 Å². The molecule has 0 atom stereocenters. The van der Waals surface area contributed by atoms with Gasteiger partial charge in [-0.25, -0.2) is 4.39 Å². The van der Waals surface area contributed by atoms with Crippen molar-refractivity contribution in [2.24, 2.45) is 0 Å². The van der Waals surface area contributed by atoms with Gasteiger partial charge in [-0.1, -0.05) is 36.4 Å². The number of halogens is 1. The maximum atomic E-state index is 13.8. The van der Waals surface area contributed by atoms with Crippen molar-refractivity contribution in [3.05, 3.63) is 71.7 Å². The number of hydrogen-bond donors (Lipinski definition) is 1. The van der Waals surface area contributed by atoms with Crippen molar-refractivity contribution in [3.8, 4) is 0 Å². The molecule has 140 valence electrons. The Morgan fingerprint density at radius 3 is 2.52 bits per heavy atom. The van der Waals surface area contributed by atoms with Crippen LogP contribution < -0.4 is 0 Å². The van der Waals surface area contributed by atoms with Crippen LogP contribution in [0.3, 0.4) is 0 Å². The van der Waals surface area contributed by atoms with Crippen molar-refractivity contribution >= 4 is 16.8 Å². The molecule has 0 aliphatic carbocycles. The standard InChI is InChI=1S/C22H24FN3O/c23-20-7-3-1-5-18(20)16-25-11-13-26(14-12-25)22(27)10-9-17-15-24-21-8-4-2-6-19(17)21/h1-8,15,24H,9-14,16H2. The summed E-state index contributed by atoms with van der Waals surface area (Å²) in [6.07, 6.45) is 3.28. The SMILES string of the molecule is O=C(CCc1c[nH]c2ccccc12)N1CCN(Cc2ccccc2F)CC1. The van der Waals surface area contributed by atoms with Crippen LogP contribution in [0.1, 0.15) is 17.5 Å². The van der Waals surface area contributed by atoms with Gasteiger partial charge in [0.15, 0.2) is 0 Å². The number of nitrogens with zero attached hydrogens (tertiary/aromatic N) is 2. The summed E-state index contributed by atoms with van der Waals surface area (Å²) in [4.78, 5) is 20.0. The van der Waals surface area contributed by atoms with Gasteiger partial charge in [-0.2, -0.15) is 0 Å². The normalized spacial score (nSPS) is 15.4. The van der Waals surface area contributed by atoms with Crippen LogP contribution in [-0.4, -0.2) is 46.9 Å². The number of piperazine rings is 1. The number of aryl methyl sites for hydroxylation is 1. The van der Waals surface area contributed by atoms with Crippen molar-refractivity contribution in [1.82, 2.24) is 14.8 Å². The molecule has 1 aromatic heterocycles. The second-order valence-electron chi connectivity index (χ2n) is 7.11. The Bertz CT molecular complexity index is 928. The fourth-order valence-corrected chi connectivity index (χ4v) is 3.76. The van der Waals surface area contributed by atoms with Crippen LogP contribution in [-0.2, 0) is 17.8 Å². The number of benzene rings is 2. The summed E-state index contributed by atoms with van der Waals surface area (Å²) in [5, 5.41) is 1.19. The Morgan fingerprint density at radius 2 is 1.70 bits per heavy atom. The number of carbonyl (C=O) groups excluding carboxylic acids is 1. The third-order valence-electron chi connectivity index (χ3n) is 5.36. The lowest BCUT2D eigenvalue weighted by molar-refractivity contribution is -0.133. The highest BCUT2D eigenvalue weighted by Gasteiger charge is 2.21. The number of aromatic nitrogens is 1. The third kappa shape index (κ3) is 4.03. The molecule has 2 aromatic carbocycles. The summed E-state index contributed by atoms with van der Waals surface area (Å²) in [6.45, 7) is 3.59. The third-order valence-corrected chi connectivity index (χ3v) is 5.36. The first kappa shape index (κ1) is 17.7. The highest BCUT2D eigenvalue weighted by atomic mass is 19.1. The average molecular weight is 365 g/mol. The first-order valence-corrected chi connectivity index (χ1v) is 9.49. The molecule has 4 rings (SSSR count). The zero-order chi connectivity index (χ0) is 18.6. The minimum atomic E-state index is -0.158. The molecule has 1 aliphatic heterocycles. The van der Waals surface area contributed by atoms with Gasteiger partial charge in [0, 0.05) is 61.8 Å². The maximum absolute atomic E-state index is 13.8. The van der Waals surface area contributed by atoms with Gasteiger partial charge in [0.2, 0.25) is 5.91 Å². The van der Waals surface area contributed by atoms with Gasteiger partial charge < -0.3 is 9.88 Å². The molecular formula is C22H24FN3O. The molecule has 4 nitrogen and oxygen atoms in total. The molecule has 0 unspecified atom stereocenters. The number of nitrogens with one attached hydrogen (secondary N) is 1. The Balaban J connectivity index is 1.28. The zero-order valence-corrected chi connectivity index (χ0v) is 15.3. The van der Waals surface area contributed by atoms with Gasteiger partial charge in [-0.3, -0.25) is 9.69 Å². The predicted molar refractivity (Wildman–Crippen MR) is 105 cm³/mol. The topological polar surface area (TPSA) is 39.3 Å². The fourth-order valence-electron chi connectivity index (χ4n) is 3.76. The number of H-pyrrole nitrogens is 1. The molecule has 1 fully saturated rings. The van der Waals surface area contributed by atoms with Gasteiger partial charge in [0.25, 0.3) is 0 Å². The number of para-hydroxylation sites is 1. The minimum absolute atomic E-state index is 0.158. The van der Waals surface area contributed by atoms with E-state index in [1.165, 1.54) is 17.0 Å². The predicted octanol–water partition coefficient (Wildman–Crippen LogP) is 3.58. The number of hydrogen-bond acceptors (Lipinski definition) is 2. The Hall–Kier alpha value is -2.66. The van der Waals surface area contributed by atoms with Gasteiger partial charge in [0.05, 0.1) is 0 Å². The van der Waals surface area contributed by atoms with Crippen molar-refractivity contribution in [2.75, 3.05) is 26.2 Å². The Labute approximate surface area is 158 Å². The van der Waals surface area contributed by atoms with Crippen LogP contribution in [0.4, 0.5) is 4.39 Å². The molecular weight excluding hydrogens is 341 g/mol. The first-order chi connectivity index (χ1) is 13.2. The van der Waals surface area contributed by atoms with Gasteiger partial charge in [-0.05, 0) is 24.1 Å². The second kappa shape index (κ2) is 7.92. The van der Waals surface area contributed by atoms with Crippen LogP contribution in [0.15, 0.2) is 54.7 Å². The van der Waals surface area contributed by atoms with Crippen LogP contribution in [0.25, 0.3) is 10.9 Å². The van der Waals surface area contributed by atoms with Crippen molar-refractivity contribution in [2.45, 2.75) is 19.4 Å². The summed E-state index contributed by atoms with van der Waals surface area (Å²) >= 11 is 0. The van der Waals surface area contributed by atoms with E-state index >= 15 is 0 Å². The van der Waals surface area contributed by atoms with Gasteiger partial charge >= 0.3 is 0 Å². The highest BCUT2D eigenvalue weighted by Crippen LogP contribution is 2.19. The lowest BCUT2D eigenvalue weighted by Gasteiger charge is -2.34. The van der Waals surface area contributed by atoms with Crippen LogP contribution >= 0.6 is 0 Å². The van der Waals surface area contributed by atoms with E-state index in [0.29, 0.717) is 26.1 Å². The summed E-state index contributed by atoms with van der Waals surface area (Å²) in [7, 11) is 0. The first-order valence-electron chi connectivity index (χ1n) is 9.49. The number of fused-ring (bicyclic) bond motifs is 1. The van der Waals surface area contributed by atoms with Crippen LogP contribution in [0.5, 0.6) is 0 Å². The summed E-state index contributed by atoms with van der Waals surface area (Å²) < 4.78 is 13.8. The number of carbonyl (C=O) groups is 1. The van der Waals surface area contributed by atoms with Crippen LogP contribution in [0.2, 0.25) is 0 Å². The summed E-state index contributed by atoms with van der Waals surface area (Å²) in [6, 6.07) is 15.1. The molecule has 1 amide bonds. The van der Waals surface area contributed by atoms with E-state index in [2.05, 4.69) is 22.0 Å². The van der Waals surface area contributed by atoms with Gasteiger partial charge in [0.1, 0.15) is 5.82 Å². The van der Waals surface area contributed by atoms with E-state index in [0.717, 1.165) is 30.6 Å². The zero-order valence-electron chi connectivity index (χ0n) is 15.3. The molecule has 2 heterocycles. The van der Waals surface area contributed by atoms with Crippen molar-refractivity contribution < 1.29 is 9.18 Å². The average Bonchev–Trinajstić information content (AvgIpc) is 3.12. The maximum Gasteiger partial charge on any atom is 0.222 e. The highest BCUT2D eigenvalue weighted by molar-refractivity contribution is 5.84. The van der Waals surface area contributed by atoms with E-state index in [9.17, 15) is 9.18 Å². The van der Waals surface area contributed by atoms with E-state index in [-0.39, 0.29) is 11.7 Å². The monoisotopic (exact) mass is 365 g/mol. The van der Waals surface area contributed by atoms with Gasteiger partial charge in [-0.15, -0.1) is 0 Å². The summed E-state index contributed by atoms with van der Waals surface area (Å²) in [5.74, 6) is 0.0422. The lowest BCUT2D eigenvalue weighted by Crippen LogP contribution is -2.48. The molecule has 5 heteroatoms. The van der Waals surface area contributed by atoms with Crippen LogP contribution in [0, 0.1) is 5.82 Å². The second-order valence-corrected chi connectivity index (χ2v) is 7.11. The minimum Gasteiger partial charge on any atom is -0.361 e. The molecule has 1 aliphatic rings. The molecule has 27 heavy (non-hydrogen) atoms. The molecule has 0 bridgehead atoms. The van der Waals surface area contributed by atoms with Crippen molar-refractivity contribution in [1.29, 1.82) is 0 Å². The number of amides is 1. The van der Waals surface area contributed by atoms with E-state index < -0.39 is 0 Å². The lowest BCUT2D eigenvalue weighted by atomic mass is 10.1.